The van der Waals surface area contributed by atoms with Crippen LogP contribution in [0.4, 0.5) is 10.6 Å². The van der Waals surface area contributed by atoms with E-state index >= 15 is 0 Å². The summed E-state index contributed by atoms with van der Waals surface area (Å²) in [5.74, 6) is -1.05. The highest BCUT2D eigenvalue weighted by molar-refractivity contribution is 7.17. The number of thiazole rings is 2. The van der Waals surface area contributed by atoms with Crippen LogP contribution in [0.5, 0.6) is 0 Å². The standard InChI is InChI=1S/C21H23N5O5S2/c1-5-22-21(29)25-14-8-12(17-24-11(4)10-32-17)13(9-23-14)18-26-15(19(27)30-6-2)16(33-18)20(28)31-7-3/h8-10H,5-7H2,1-4H3,(H2,22,23,25,29). The second kappa shape index (κ2) is 11.0. The van der Waals surface area contributed by atoms with Crippen molar-refractivity contribution in [3.8, 4) is 21.1 Å². The van der Waals surface area contributed by atoms with Crippen LogP contribution in [0.1, 0.15) is 46.6 Å². The van der Waals surface area contributed by atoms with Crippen LogP contribution in [0.3, 0.4) is 0 Å². The third-order valence-electron chi connectivity index (χ3n) is 4.12. The molecule has 174 valence electrons. The van der Waals surface area contributed by atoms with E-state index in [0.29, 0.717) is 33.5 Å². The summed E-state index contributed by atoms with van der Waals surface area (Å²) in [7, 11) is 0. The van der Waals surface area contributed by atoms with Gasteiger partial charge in [-0.1, -0.05) is 0 Å². The molecule has 2 amide bonds. The molecular formula is C21H23N5O5S2. The number of esters is 2. The Bertz CT molecular complexity index is 1140. The van der Waals surface area contributed by atoms with E-state index in [9.17, 15) is 14.4 Å². The van der Waals surface area contributed by atoms with Crippen molar-refractivity contribution in [3.63, 3.8) is 0 Å². The molecule has 2 N–H and O–H groups in total. The molecule has 3 aromatic heterocycles. The van der Waals surface area contributed by atoms with Gasteiger partial charge in [0, 0.05) is 34.9 Å². The maximum atomic E-state index is 12.5. The molecular weight excluding hydrogens is 466 g/mol. The number of urea groups is 1. The number of hydrogen-bond donors (Lipinski definition) is 2. The highest BCUT2D eigenvalue weighted by Gasteiger charge is 2.27. The number of carbonyl (C=O) groups is 3. The van der Waals surface area contributed by atoms with Gasteiger partial charge in [0.15, 0.2) is 5.69 Å². The second-order valence-corrected chi connectivity index (χ2v) is 8.39. The topological polar surface area (TPSA) is 132 Å². The Morgan fingerprint density at radius 2 is 1.73 bits per heavy atom. The van der Waals surface area contributed by atoms with Crippen LogP contribution < -0.4 is 10.6 Å². The lowest BCUT2D eigenvalue weighted by molar-refractivity contribution is 0.0479. The van der Waals surface area contributed by atoms with Crippen LogP contribution in [0, 0.1) is 6.92 Å². The highest BCUT2D eigenvalue weighted by Crippen LogP contribution is 2.38. The number of aromatic nitrogens is 3. The van der Waals surface area contributed by atoms with E-state index in [1.54, 1.807) is 19.9 Å². The van der Waals surface area contributed by atoms with E-state index in [0.717, 1.165) is 17.0 Å². The number of nitrogens with zero attached hydrogens (tertiary/aromatic N) is 3. The SMILES string of the molecule is CCNC(=O)Nc1cc(-c2nc(C)cs2)c(-c2nc(C(=O)OCC)c(C(=O)OCC)s2)cn1. The number of aryl methyl sites for hydroxylation is 1. The molecule has 3 heterocycles. The van der Waals surface area contributed by atoms with Gasteiger partial charge in [0.25, 0.3) is 0 Å². The first-order chi connectivity index (χ1) is 15.9. The lowest BCUT2D eigenvalue weighted by Crippen LogP contribution is -2.28. The Balaban J connectivity index is 2.12. The smallest absolute Gasteiger partial charge is 0.358 e. The summed E-state index contributed by atoms with van der Waals surface area (Å²) in [5.41, 5.74) is 1.92. The molecule has 0 atom stereocenters. The van der Waals surface area contributed by atoms with Crippen LogP contribution in [0.25, 0.3) is 21.1 Å². The monoisotopic (exact) mass is 489 g/mol. The van der Waals surface area contributed by atoms with E-state index < -0.39 is 11.9 Å². The number of anilines is 1. The summed E-state index contributed by atoms with van der Waals surface area (Å²) in [6, 6.07) is 1.29. The largest absolute Gasteiger partial charge is 0.462 e. The zero-order valence-electron chi connectivity index (χ0n) is 18.6. The summed E-state index contributed by atoms with van der Waals surface area (Å²) in [4.78, 5) is 50.2. The third-order valence-corrected chi connectivity index (χ3v) is 6.18. The molecule has 0 spiro atoms. The summed E-state index contributed by atoms with van der Waals surface area (Å²) in [6.45, 7) is 7.79. The van der Waals surface area contributed by atoms with Gasteiger partial charge in [-0.15, -0.1) is 22.7 Å². The Labute approximate surface area is 198 Å². The Morgan fingerprint density at radius 1 is 1.00 bits per heavy atom. The van der Waals surface area contributed by atoms with Crippen molar-refractivity contribution in [2.24, 2.45) is 0 Å². The normalized spacial score (nSPS) is 10.5. The Kier molecular flexibility index (Phi) is 8.06. The number of rotatable bonds is 8. The van der Waals surface area contributed by atoms with E-state index in [2.05, 4.69) is 25.6 Å². The summed E-state index contributed by atoms with van der Waals surface area (Å²) < 4.78 is 10.2. The van der Waals surface area contributed by atoms with Gasteiger partial charge >= 0.3 is 18.0 Å². The Hall–Kier alpha value is -3.38. The fourth-order valence-corrected chi connectivity index (χ4v) is 4.58. The fraction of sp³-hybridized carbons (Fsp3) is 0.333. The third kappa shape index (κ3) is 5.71. The minimum atomic E-state index is -0.711. The molecule has 0 saturated heterocycles. The van der Waals surface area contributed by atoms with Crippen LogP contribution >= 0.6 is 22.7 Å². The molecule has 12 heteroatoms. The molecule has 0 bridgehead atoms. The van der Waals surface area contributed by atoms with Crippen LogP contribution in [0.15, 0.2) is 17.6 Å². The number of pyridine rings is 1. The van der Waals surface area contributed by atoms with Gasteiger partial charge in [-0.05, 0) is 33.8 Å². The lowest BCUT2D eigenvalue weighted by Gasteiger charge is -2.09. The molecule has 10 nitrogen and oxygen atoms in total. The summed E-state index contributed by atoms with van der Waals surface area (Å²) >= 11 is 2.42. The van der Waals surface area contributed by atoms with Gasteiger partial charge < -0.3 is 14.8 Å². The quantitative estimate of drug-likeness (QED) is 0.451. The van der Waals surface area contributed by atoms with Crippen molar-refractivity contribution >= 4 is 46.5 Å². The van der Waals surface area contributed by atoms with Gasteiger partial charge in [-0.2, -0.15) is 0 Å². The minimum Gasteiger partial charge on any atom is -0.462 e. The van der Waals surface area contributed by atoms with Gasteiger partial charge in [0.1, 0.15) is 20.7 Å². The Morgan fingerprint density at radius 3 is 2.36 bits per heavy atom. The first kappa shape index (κ1) is 24.3. The van der Waals surface area contributed by atoms with E-state index in [1.165, 1.54) is 17.5 Å². The fourth-order valence-electron chi connectivity index (χ4n) is 2.78. The molecule has 0 saturated carbocycles. The van der Waals surface area contributed by atoms with E-state index in [1.807, 2.05) is 19.2 Å². The van der Waals surface area contributed by atoms with Crippen molar-refractivity contribution in [2.45, 2.75) is 27.7 Å². The minimum absolute atomic E-state index is 0.0519. The maximum absolute atomic E-state index is 12.5. The number of hydrogen-bond acceptors (Lipinski definition) is 10. The van der Waals surface area contributed by atoms with Crippen molar-refractivity contribution < 1.29 is 23.9 Å². The molecule has 0 aromatic carbocycles. The average molecular weight is 490 g/mol. The number of amides is 2. The zero-order valence-corrected chi connectivity index (χ0v) is 20.2. The second-order valence-electron chi connectivity index (χ2n) is 6.53. The van der Waals surface area contributed by atoms with Crippen molar-refractivity contribution in [1.82, 2.24) is 20.3 Å². The molecule has 0 fully saturated rings. The maximum Gasteiger partial charge on any atom is 0.358 e. The predicted octanol–water partition coefficient (Wildman–Crippen LogP) is 4.13. The molecule has 0 radical (unpaired) electrons. The van der Waals surface area contributed by atoms with Gasteiger partial charge in [0.2, 0.25) is 0 Å². The van der Waals surface area contributed by atoms with E-state index in [4.69, 9.17) is 9.47 Å². The lowest BCUT2D eigenvalue weighted by atomic mass is 10.1. The van der Waals surface area contributed by atoms with E-state index in [-0.39, 0.29) is 29.8 Å². The average Bonchev–Trinajstić information content (AvgIpc) is 3.41. The van der Waals surface area contributed by atoms with Crippen LogP contribution in [-0.4, -0.2) is 52.7 Å². The number of nitrogens with one attached hydrogen (secondary N) is 2. The number of carbonyl (C=O) groups excluding carboxylic acids is 3. The van der Waals surface area contributed by atoms with Gasteiger partial charge in [0.05, 0.1) is 13.2 Å². The molecule has 0 aliphatic heterocycles. The van der Waals surface area contributed by atoms with Crippen LogP contribution in [-0.2, 0) is 9.47 Å². The first-order valence-corrected chi connectivity index (χ1v) is 11.9. The predicted molar refractivity (Wildman–Crippen MR) is 126 cm³/mol. The van der Waals surface area contributed by atoms with Crippen LogP contribution in [0.2, 0.25) is 0 Å². The van der Waals surface area contributed by atoms with Gasteiger partial charge in [-0.25, -0.2) is 29.3 Å². The summed E-state index contributed by atoms with van der Waals surface area (Å²) in [5, 5.41) is 8.27. The molecule has 33 heavy (non-hydrogen) atoms. The molecule has 3 rings (SSSR count). The number of ether oxygens (including phenoxy) is 2. The highest BCUT2D eigenvalue weighted by atomic mass is 32.1. The molecule has 3 aromatic rings. The molecule has 0 aliphatic carbocycles. The van der Waals surface area contributed by atoms with Crippen molar-refractivity contribution in [1.29, 1.82) is 0 Å². The first-order valence-electron chi connectivity index (χ1n) is 10.2. The van der Waals surface area contributed by atoms with Gasteiger partial charge in [-0.3, -0.25) is 5.32 Å². The molecule has 0 unspecified atom stereocenters. The summed E-state index contributed by atoms with van der Waals surface area (Å²) in [6.07, 6.45) is 1.52. The van der Waals surface area contributed by atoms with Crippen molar-refractivity contribution in [2.75, 3.05) is 25.1 Å². The molecule has 0 aliphatic rings. The zero-order chi connectivity index (χ0) is 24.0. The van der Waals surface area contributed by atoms with Crippen molar-refractivity contribution in [3.05, 3.63) is 33.9 Å².